The number of hydrogen-bond acceptors (Lipinski definition) is 4. The van der Waals surface area contributed by atoms with E-state index in [-0.39, 0.29) is 23.8 Å². The standard InChI is InChI=1S/C18H19F3N2O3/c1-11-9-22-15(12(2)16(11)25-4)10-23(3)17(24)13-5-7-14(8-6-13)26-18(19,20)21/h5-9H,10H2,1-4H3. The first-order valence-electron chi connectivity index (χ1n) is 7.72. The van der Waals surface area contributed by atoms with Crippen molar-refractivity contribution in [2.24, 2.45) is 0 Å². The summed E-state index contributed by atoms with van der Waals surface area (Å²) in [7, 11) is 3.16. The first-order valence-corrected chi connectivity index (χ1v) is 7.72. The van der Waals surface area contributed by atoms with Gasteiger partial charge in [-0.1, -0.05) is 0 Å². The minimum Gasteiger partial charge on any atom is -0.496 e. The molecule has 1 aromatic heterocycles. The van der Waals surface area contributed by atoms with E-state index in [2.05, 4.69) is 9.72 Å². The van der Waals surface area contributed by atoms with Crippen LogP contribution in [0.4, 0.5) is 13.2 Å². The quantitative estimate of drug-likeness (QED) is 0.804. The highest BCUT2D eigenvalue weighted by Gasteiger charge is 2.31. The molecule has 0 aliphatic carbocycles. The molecule has 1 aromatic carbocycles. The number of rotatable bonds is 5. The van der Waals surface area contributed by atoms with E-state index in [1.54, 1.807) is 20.4 Å². The zero-order valence-electron chi connectivity index (χ0n) is 14.8. The summed E-state index contributed by atoms with van der Waals surface area (Å²) in [6.07, 6.45) is -3.10. The van der Waals surface area contributed by atoms with Gasteiger partial charge in [-0.2, -0.15) is 0 Å². The summed E-state index contributed by atoms with van der Waals surface area (Å²) < 4.78 is 45.7. The third-order valence-corrected chi connectivity index (χ3v) is 3.82. The van der Waals surface area contributed by atoms with E-state index in [0.29, 0.717) is 11.4 Å². The molecule has 0 N–H and O–H groups in total. The number of carbonyl (C=O) groups excluding carboxylic acids is 1. The number of amides is 1. The van der Waals surface area contributed by atoms with Crippen LogP contribution in [-0.4, -0.2) is 36.3 Å². The Labute approximate surface area is 149 Å². The molecule has 0 saturated heterocycles. The van der Waals surface area contributed by atoms with Gasteiger partial charge in [0.2, 0.25) is 0 Å². The molecule has 1 amide bonds. The van der Waals surface area contributed by atoms with Crippen LogP contribution in [0, 0.1) is 13.8 Å². The molecule has 1 heterocycles. The molecule has 0 radical (unpaired) electrons. The van der Waals surface area contributed by atoms with E-state index in [4.69, 9.17) is 4.74 Å². The maximum atomic E-state index is 12.5. The van der Waals surface area contributed by atoms with E-state index < -0.39 is 6.36 Å². The molecule has 0 fully saturated rings. The lowest BCUT2D eigenvalue weighted by Gasteiger charge is -2.19. The Balaban J connectivity index is 2.13. The monoisotopic (exact) mass is 368 g/mol. The van der Waals surface area contributed by atoms with Crippen molar-refractivity contribution < 1.29 is 27.4 Å². The molecule has 2 aromatic rings. The summed E-state index contributed by atoms with van der Waals surface area (Å²) in [4.78, 5) is 18.3. The predicted octanol–water partition coefficient (Wildman–Crippen LogP) is 3.88. The molecule has 8 heteroatoms. The summed E-state index contributed by atoms with van der Waals surface area (Å²) in [6, 6.07) is 4.78. The lowest BCUT2D eigenvalue weighted by atomic mass is 10.1. The average molecular weight is 368 g/mol. The van der Waals surface area contributed by atoms with E-state index in [0.717, 1.165) is 23.3 Å². The number of pyridine rings is 1. The molecule has 140 valence electrons. The van der Waals surface area contributed by atoms with Gasteiger partial charge in [0.1, 0.15) is 11.5 Å². The van der Waals surface area contributed by atoms with E-state index in [1.807, 2.05) is 13.8 Å². The van der Waals surface area contributed by atoms with Crippen LogP contribution in [0.1, 0.15) is 27.2 Å². The number of aromatic nitrogens is 1. The molecular weight excluding hydrogens is 349 g/mol. The van der Waals surface area contributed by atoms with Gasteiger partial charge < -0.3 is 14.4 Å². The Bertz CT molecular complexity index is 790. The van der Waals surface area contributed by atoms with Crippen molar-refractivity contribution in [3.8, 4) is 11.5 Å². The first-order chi connectivity index (χ1) is 12.1. The maximum absolute atomic E-state index is 12.5. The highest BCUT2D eigenvalue weighted by Crippen LogP contribution is 2.25. The van der Waals surface area contributed by atoms with Crippen molar-refractivity contribution in [3.05, 3.63) is 52.8 Å². The number of alkyl halides is 3. The molecular formula is C18H19F3N2O3. The second-order valence-electron chi connectivity index (χ2n) is 5.78. The molecule has 2 rings (SSSR count). The molecule has 0 spiro atoms. The third kappa shape index (κ3) is 4.65. The zero-order valence-corrected chi connectivity index (χ0v) is 14.8. The van der Waals surface area contributed by atoms with Crippen LogP contribution in [0.3, 0.4) is 0 Å². The van der Waals surface area contributed by atoms with Crippen LogP contribution >= 0.6 is 0 Å². The van der Waals surface area contributed by atoms with E-state index in [1.165, 1.54) is 17.0 Å². The Morgan fingerprint density at radius 3 is 2.35 bits per heavy atom. The SMILES string of the molecule is COc1c(C)cnc(CN(C)C(=O)c2ccc(OC(F)(F)F)cc2)c1C. The lowest BCUT2D eigenvalue weighted by Crippen LogP contribution is -2.27. The number of carbonyl (C=O) groups is 1. The van der Waals surface area contributed by atoms with Crippen molar-refractivity contribution in [2.75, 3.05) is 14.2 Å². The van der Waals surface area contributed by atoms with Crippen LogP contribution in [0.5, 0.6) is 11.5 Å². The molecule has 5 nitrogen and oxygen atoms in total. The molecule has 0 bridgehead atoms. The maximum Gasteiger partial charge on any atom is 0.573 e. The highest BCUT2D eigenvalue weighted by molar-refractivity contribution is 5.94. The lowest BCUT2D eigenvalue weighted by molar-refractivity contribution is -0.274. The smallest absolute Gasteiger partial charge is 0.496 e. The van der Waals surface area contributed by atoms with Crippen LogP contribution in [0.25, 0.3) is 0 Å². The number of methoxy groups -OCH3 is 1. The number of hydrogen-bond donors (Lipinski definition) is 0. The largest absolute Gasteiger partial charge is 0.573 e. The summed E-state index contributed by atoms with van der Waals surface area (Å²) in [5.41, 5.74) is 2.66. The van der Waals surface area contributed by atoms with Crippen molar-refractivity contribution >= 4 is 5.91 Å². The van der Waals surface area contributed by atoms with Crippen molar-refractivity contribution in [2.45, 2.75) is 26.8 Å². The van der Waals surface area contributed by atoms with Gasteiger partial charge in [0.05, 0.1) is 19.3 Å². The molecule has 0 saturated carbocycles. The first kappa shape index (κ1) is 19.6. The van der Waals surface area contributed by atoms with Crippen LogP contribution in [0.15, 0.2) is 30.5 Å². The highest BCUT2D eigenvalue weighted by atomic mass is 19.4. The predicted molar refractivity (Wildman–Crippen MR) is 89.2 cm³/mol. The zero-order chi connectivity index (χ0) is 19.5. The van der Waals surface area contributed by atoms with Crippen LogP contribution < -0.4 is 9.47 Å². The second-order valence-corrected chi connectivity index (χ2v) is 5.78. The van der Waals surface area contributed by atoms with Gasteiger partial charge in [-0.05, 0) is 38.1 Å². The third-order valence-electron chi connectivity index (χ3n) is 3.82. The molecule has 26 heavy (non-hydrogen) atoms. The number of aryl methyl sites for hydroxylation is 1. The van der Waals surface area contributed by atoms with Gasteiger partial charge in [0.15, 0.2) is 0 Å². The van der Waals surface area contributed by atoms with Gasteiger partial charge in [0, 0.05) is 29.9 Å². The van der Waals surface area contributed by atoms with Gasteiger partial charge in [0.25, 0.3) is 5.91 Å². The van der Waals surface area contributed by atoms with Gasteiger partial charge in [-0.3, -0.25) is 9.78 Å². The summed E-state index contributed by atoms with van der Waals surface area (Å²) in [6.45, 7) is 3.97. The average Bonchev–Trinajstić information content (AvgIpc) is 2.56. The van der Waals surface area contributed by atoms with Gasteiger partial charge in [-0.15, -0.1) is 13.2 Å². The van der Waals surface area contributed by atoms with Crippen molar-refractivity contribution in [1.29, 1.82) is 0 Å². The second kappa shape index (κ2) is 7.63. The van der Waals surface area contributed by atoms with E-state index >= 15 is 0 Å². The van der Waals surface area contributed by atoms with Crippen LogP contribution in [-0.2, 0) is 6.54 Å². The molecule has 0 aliphatic heterocycles. The Kier molecular flexibility index (Phi) is 5.74. The topological polar surface area (TPSA) is 51.7 Å². The van der Waals surface area contributed by atoms with Crippen molar-refractivity contribution in [1.82, 2.24) is 9.88 Å². The molecule has 0 unspecified atom stereocenters. The Morgan fingerprint density at radius 1 is 1.19 bits per heavy atom. The minimum atomic E-state index is -4.77. The fourth-order valence-electron chi connectivity index (χ4n) is 2.55. The normalized spacial score (nSPS) is 11.2. The summed E-state index contributed by atoms with van der Waals surface area (Å²) in [5, 5.41) is 0. The Morgan fingerprint density at radius 2 is 1.81 bits per heavy atom. The van der Waals surface area contributed by atoms with Gasteiger partial charge in [-0.25, -0.2) is 0 Å². The summed E-state index contributed by atoms with van der Waals surface area (Å²) in [5.74, 6) is -0.00807. The molecule has 0 aliphatic rings. The van der Waals surface area contributed by atoms with Crippen molar-refractivity contribution in [3.63, 3.8) is 0 Å². The summed E-state index contributed by atoms with van der Waals surface area (Å²) >= 11 is 0. The number of nitrogens with zero attached hydrogens (tertiary/aromatic N) is 2. The minimum absolute atomic E-state index is 0.238. The van der Waals surface area contributed by atoms with E-state index in [9.17, 15) is 18.0 Å². The number of halogens is 3. The Hall–Kier alpha value is -2.77. The fraction of sp³-hybridized carbons (Fsp3) is 0.333. The molecule has 0 atom stereocenters. The number of benzene rings is 1. The van der Waals surface area contributed by atoms with Gasteiger partial charge >= 0.3 is 6.36 Å². The van der Waals surface area contributed by atoms with Crippen LogP contribution in [0.2, 0.25) is 0 Å². The fourth-order valence-corrected chi connectivity index (χ4v) is 2.55. The number of ether oxygens (including phenoxy) is 2.